The summed E-state index contributed by atoms with van der Waals surface area (Å²) in [6.07, 6.45) is 3.24. The quantitative estimate of drug-likeness (QED) is 0.214. The molecule has 4 nitrogen and oxygen atoms in total. The van der Waals surface area contributed by atoms with Gasteiger partial charge in [-0.15, -0.1) is 0 Å². The predicted molar refractivity (Wildman–Crippen MR) is 144 cm³/mol. The van der Waals surface area contributed by atoms with Gasteiger partial charge in [-0.05, 0) is 47.7 Å². The van der Waals surface area contributed by atoms with E-state index in [1.54, 1.807) is 0 Å². The second kappa shape index (κ2) is 12.0. The van der Waals surface area contributed by atoms with Crippen molar-refractivity contribution in [1.29, 1.82) is 0 Å². The molecular formula is C31H34F2N2O2. The van der Waals surface area contributed by atoms with Crippen LogP contribution in [0.2, 0.25) is 0 Å². The first-order valence-corrected chi connectivity index (χ1v) is 12.9. The zero-order valence-corrected chi connectivity index (χ0v) is 21.7. The molecule has 0 atom stereocenters. The van der Waals surface area contributed by atoms with Gasteiger partial charge in [0, 0.05) is 30.2 Å². The molecule has 37 heavy (non-hydrogen) atoms. The first-order valence-electron chi connectivity index (χ1n) is 12.9. The molecule has 0 saturated heterocycles. The number of amides is 1. The molecule has 0 aliphatic carbocycles. The van der Waals surface area contributed by atoms with E-state index < -0.39 is 11.6 Å². The van der Waals surface area contributed by atoms with E-state index >= 15 is 0 Å². The van der Waals surface area contributed by atoms with E-state index in [-0.39, 0.29) is 18.4 Å². The molecule has 0 aliphatic heterocycles. The van der Waals surface area contributed by atoms with Crippen LogP contribution in [0.1, 0.15) is 73.1 Å². The van der Waals surface area contributed by atoms with Crippen LogP contribution >= 0.6 is 0 Å². The molecule has 1 heterocycles. The van der Waals surface area contributed by atoms with Crippen molar-refractivity contribution in [2.45, 2.75) is 59.0 Å². The Bertz CT molecular complexity index is 1360. The highest BCUT2D eigenvalue weighted by atomic mass is 19.2. The highest BCUT2D eigenvalue weighted by molar-refractivity contribution is 6.09. The number of carbonyl (C=O) groups is 1. The van der Waals surface area contributed by atoms with Gasteiger partial charge in [0.2, 0.25) is 0 Å². The van der Waals surface area contributed by atoms with Gasteiger partial charge in [0.1, 0.15) is 5.75 Å². The number of ether oxygens (including phenoxy) is 1. The lowest BCUT2D eigenvalue weighted by Gasteiger charge is -2.16. The summed E-state index contributed by atoms with van der Waals surface area (Å²) in [7, 11) is 0. The van der Waals surface area contributed by atoms with E-state index in [2.05, 4.69) is 42.8 Å². The van der Waals surface area contributed by atoms with Gasteiger partial charge >= 0.3 is 0 Å². The van der Waals surface area contributed by atoms with Crippen LogP contribution in [-0.4, -0.2) is 17.1 Å². The number of nitrogens with one attached hydrogen (secondary N) is 1. The zero-order chi connectivity index (χ0) is 26.4. The van der Waals surface area contributed by atoms with Crippen molar-refractivity contribution in [2.75, 3.05) is 6.61 Å². The average molecular weight is 505 g/mol. The molecule has 0 fully saturated rings. The van der Waals surface area contributed by atoms with Crippen LogP contribution < -0.4 is 10.1 Å². The predicted octanol–water partition coefficient (Wildman–Crippen LogP) is 7.59. The molecule has 0 aliphatic rings. The summed E-state index contributed by atoms with van der Waals surface area (Å²) in [6.45, 7) is 7.67. The average Bonchev–Trinajstić information content (AvgIpc) is 3.21. The van der Waals surface area contributed by atoms with Gasteiger partial charge in [-0.25, -0.2) is 8.78 Å². The lowest BCUT2D eigenvalue weighted by atomic mass is 10.0. The fourth-order valence-corrected chi connectivity index (χ4v) is 4.68. The van der Waals surface area contributed by atoms with Gasteiger partial charge in [-0.2, -0.15) is 0 Å². The molecule has 6 heteroatoms. The number of nitrogens with zero attached hydrogens (tertiary/aromatic N) is 1. The first-order chi connectivity index (χ1) is 17.9. The third-order valence-corrected chi connectivity index (χ3v) is 6.49. The maximum absolute atomic E-state index is 13.7. The van der Waals surface area contributed by atoms with Gasteiger partial charge < -0.3 is 14.6 Å². The molecule has 1 aromatic heterocycles. The Labute approximate surface area is 217 Å². The molecule has 4 aromatic rings. The van der Waals surface area contributed by atoms with Crippen LogP contribution in [0.5, 0.6) is 5.75 Å². The van der Waals surface area contributed by atoms with Crippen molar-refractivity contribution in [1.82, 2.24) is 9.88 Å². The van der Waals surface area contributed by atoms with Crippen LogP contribution in [-0.2, 0) is 13.1 Å². The van der Waals surface area contributed by atoms with Gasteiger partial charge in [0.15, 0.2) is 11.6 Å². The van der Waals surface area contributed by atoms with E-state index in [9.17, 15) is 13.6 Å². The van der Waals surface area contributed by atoms with Gasteiger partial charge in [0.25, 0.3) is 5.91 Å². The number of hydrogen-bond donors (Lipinski definition) is 1. The fourth-order valence-electron chi connectivity index (χ4n) is 4.68. The molecule has 4 rings (SSSR count). The topological polar surface area (TPSA) is 43.3 Å². The highest BCUT2D eigenvalue weighted by Crippen LogP contribution is 2.34. The van der Waals surface area contributed by atoms with Crippen molar-refractivity contribution in [3.8, 4) is 5.75 Å². The number of unbranched alkanes of at least 4 members (excludes halogenated alkanes) is 2. The summed E-state index contributed by atoms with van der Waals surface area (Å²) in [5.41, 5.74) is 4.07. The van der Waals surface area contributed by atoms with E-state index in [4.69, 9.17) is 4.74 Å². The molecule has 1 amide bonds. The summed E-state index contributed by atoms with van der Waals surface area (Å²) < 4.78 is 35.2. The smallest absolute Gasteiger partial charge is 0.254 e. The molecule has 0 bridgehead atoms. The summed E-state index contributed by atoms with van der Waals surface area (Å²) >= 11 is 0. The van der Waals surface area contributed by atoms with Crippen molar-refractivity contribution in [3.63, 3.8) is 0 Å². The van der Waals surface area contributed by atoms with Gasteiger partial charge in [0.05, 0.1) is 17.7 Å². The van der Waals surface area contributed by atoms with E-state index in [1.807, 2.05) is 36.4 Å². The summed E-state index contributed by atoms with van der Waals surface area (Å²) in [6, 6.07) is 19.7. The van der Waals surface area contributed by atoms with Crippen LogP contribution in [0, 0.1) is 11.6 Å². The molecule has 0 saturated carbocycles. The Morgan fingerprint density at radius 3 is 2.43 bits per heavy atom. The van der Waals surface area contributed by atoms with E-state index in [1.165, 1.54) is 6.07 Å². The number of rotatable bonds is 11. The van der Waals surface area contributed by atoms with Crippen molar-refractivity contribution in [3.05, 3.63) is 101 Å². The summed E-state index contributed by atoms with van der Waals surface area (Å²) in [4.78, 5) is 13.6. The van der Waals surface area contributed by atoms with Gasteiger partial charge in [-0.3, -0.25) is 4.79 Å². The number of carbonyl (C=O) groups excluding carboxylic acids is 1. The third kappa shape index (κ3) is 6.19. The number of benzene rings is 3. The maximum atomic E-state index is 13.7. The molecule has 0 unspecified atom stereocenters. The number of halogens is 2. The summed E-state index contributed by atoms with van der Waals surface area (Å²) in [5, 5.41) is 3.75. The summed E-state index contributed by atoms with van der Waals surface area (Å²) in [5.74, 6) is -1.25. The minimum Gasteiger partial charge on any atom is -0.494 e. The number of aromatic nitrogens is 1. The zero-order valence-electron chi connectivity index (χ0n) is 21.7. The lowest BCUT2D eigenvalue weighted by Crippen LogP contribution is -2.24. The minimum atomic E-state index is -0.930. The van der Waals surface area contributed by atoms with Crippen LogP contribution in [0.3, 0.4) is 0 Å². The second-order valence-corrected chi connectivity index (χ2v) is 9.65. The second-order valence-electron chi connectivity index (χ2n) is 9.65. The minimum absolute atomic E-state index is 0.0639. The van der Waals surface area contributed by atoms with Gasteiger partial charge in [-0.1, -0.05) is 70.0 Å². The molecule has 194 valence electrons. The Morgan fingerprint density at radius 2 is 1.73 bits per heavy atom. The van der Waals surface area contributed by atoms with Crippen molar-refractivity contribution < 1.29 is 18.3 Å². The monoisotopic (exact) mass is 504 g/mol. The highest BCUT2D eigenvalue weighted by Gasteiger charge is 2.25. The van der Waals surface area contributed by atoms with Crippen LogP contribution in [0.25, 0.3) is 10.9 Å². The Morgan fingerprint density at radius 1 is 0.946 bits per heavy atom. The molecule has 3 aromatic carbocycles. The number of hydrogen-bond acceptors (Lipinski definition) is 2. The Hall–Kier alpha value is -3.67. The standard InChI is InChI=1S/C31H34F2N2O2/c1-4-5-9-16-37-24-13-14-25-28(18-24)35(20-22-10-7-6-8-11-22)30(21(2)3)29(25)31(36)34-19-23-12-15-26(32)27(33)17-23/h6-8,10-15,17-18,21H,4-5,9,16,19-20H2,1-3H3,(H,34,36). The first kappa shape index (κ1) is 26.4. The molecular weight excluding hydrogens is 470 g/mol. The lowest BCUT2D eigenvalue weighted by molar-refractivity contribution is 0.0951. The Kier molecular flexibility index (Phi) is 8.59. The normalized spacial score (nSPS) is 11.3. The van der Waals surface area contributed by atoms with E-state index in [0.717, 1.165) is 59.3 Å². The number of fused-ring (bicyclic) bond motifs is 1. The van der Waals surface area contributed by atoms with E-state index in [0.29, 0.717) is 24.3 Å². The molecule has 0 radical (unpaired) electrons. The molecule has 1 N–H and O–H groups in total. The SMILES string of the molecule is CCCCCOc1ccc2c(C(=O)NCc3ccc(F)c(F)c3)c(C(C)C)n(Cc3ccccc3)c2c1. The Balaban J connectivity index is 1.73. The fraction of sp³-hybridized carbons (Fsp3) is 0.323. The van der Waals surface area contributed by atoms with Crippen molar-refractivity contribution in [2.24, 2.45) is 0 Å². The third-order valence-electron chi connectivity index (χ3n) is 6.49. The largest absolute Gasteiger partial charge is 0.494 e. The van der Waals surface area contributed by atoms with Crippen molar-refractivity contribution >= 4 is 16.8 Å². The van der Waals surface area contributed by atoms with Crippen LogP contribution in [0.4, 0.5) is 8.78 Å². The molecule has 0 spiro atoms. The van der Waals surface area contributed by atoms with Crippen LogP contribution in [0.15, 0.2) is 66.7 Å². The maximum Gasteiger partial charge on any atom is 0.254 e.